The molecule has 4 heteroatoms. The molecule has 0 fully saturated rings. The van der Waals surface area contributed by atoms with Gasteiger partial charge in [-0.05, 0) is 6.07 Å². The smallest absolute Gasteiger partial charge is 0.170 e. The van der Waals surface area contributed by atoms with Crippen LogP contribution in [-0.4, -0.2) is 22.8 Å². The van der Waals surface area contributed by atoms with Gasteiger partial charge < -0.3 is 0 Å². The first-order valence-electron chi connectivity index (χ1n) is 2.32. The maximum atomic E-state index is 9.95. The van der Waals surface area contributed by atoms with Gasteiger partial charge in [0, 0.05) is 0 Å². The summed E-state index contributed by atoms with van der Waals surface area (Å²) in [5.74, 6) is 0. The third-order valence-corrected chi connectivity index (χ3v) is 0.865. The molecule has 1 aromatic rings. The zero-order chi connectivity index (χ0) is 6.69. The molecule has 0 spiro atoms. The van der Waals surface area contributed by atoms with Crippen molar-refractivity contribution in [2.75, 3.05) is 0 Å². The number of aromatic amines is 1. The summed E-state index contributed by atoms with van der Waals surface area (Å²) in [5, 5.41) is 5.84. The van der Waals surface area contributed by atoms with Crippen LogP contribution in [0.2, 0.25) is 0 Å². The lowest BCUT2D eigenvalue weighted by atomic mass is 10.4. The number of hydrogen-bond acceptors (Lipinski definition) is 3. The molecule has 0 radical (unpaired) electrons. The van der Waals surface area contributed by atoms with Crippen LogP contribution in [0, 0.1) is 0 Å². The fraction of sp³-hybridized carbons (Fsp3) is 0. The Kier molecular flexibility index (Phi) is 1.40. The minimum Gasteiger partial charge on any atom is -0.296 e. The van der Waals surface area contributed by atoms with E-state index in [-0.39, 0.29) is 5.69 Å². The second kappa shape index (κ2) is 2.21. The van der Waals surface area contributed by atoms with Crippen molar-refractivity contribution in [3.8, 4) is 0 Å². The third kappa shape index (κ3) is 1.02. The number of carbonyl (C=O) groups is 2. The van der Waals surface area contributed by atoms with Gasteiger partial charge in [-0.1, -0.05) is 0 Å². The predicted molar refractivity (Wildman–Crippen MR) is 29.4 cm³/mol. The molecule has 0 aliphatic rings. The van der Waals surface area contributed by atoms with Gasteiger partial charge >= 0.3 is 0 Å². The number of aromatic nitrogens is 2. The monoisotopic (exact) mass is 124 g/mol. The number of carbonyl (C=O) groups excluding carboxylic acids is 2. The van der Waals surface area contributed by atoms with Crippen LogP contribution in [0.5, 0.6) is 0 Å². The highest BCUT2D eigenvalue weighted by atomic mass is 16.1. The van der Waals surface area contributed by atoms with Gasteiger partial charge in [0.1, 0.15) is 5.69 Å². The minimum atomic E-state index is 0.247. The third-order valence-electron chi connectivity index (χ3n) is 0.865. The fourth-order valence-corrected chi connectivity index (χ4v) is 0.474. The Balaban J connectivity index is 2.98. The van der Waals surface area contributed by atoms with Gasteiger partial charge in [0.05, 0.1) is 5.69 Å². The molecule has 9 heavy (non-hydrogen) atoms. The topological polar surface area (TPSA) is 62.8 Å². The highest BCUT2D eigenvalue weighted by Crippen LogP contribution is 1.91. The second-order valence-electron chi connectivity index (χ2n) is 1.48. The fourth-order valence-electron chi connectivity index (χ4n) is 0.474. The first kappa shape index (κ1) is 5.68. The van der Waals surface area contributed by atoms with Gasteiger partial charge in [0.15, 0.2) is 12.6 Å². The normalized spacial score (nSPS) is 8.89. The van der Waals surface area contributed by atoms with Crippen LogP contribution in [0.1, 0.15) is 21.0 Å². The molecule has 0 aliphatic carbocycles. The van der Waals surface area contributed by atoms with Crippen LogP contribution in [0.25, 0.3) is 0 Å². The lowest BCUT2D eigenvalue weighted by molar-refractivity contribution is 0.111. The second-order valence-corrected chi connectivity index (χ2v) is 1.48. The molecule has 46 valence electrons. The van der Waals surface area contributed by atoms with E-state index in [0.717, 1.165) is 0 Å². The summed E-state index contributed by atoms with van der Waals surface area (Å²) in [6.45, 7) is 0. The molecule has 0 atom stereocenters. The van der Waals surface area contributed by atoms with Crippen molar-refractivity contribution in [3.63, 3.8) is 0 Å². The molecular formula is C5H4N2O2. The highest BCUT2D eigenvalue weighted by molar-refractivity contribution is 5.78. The Morgan fingerprint density at radius 1 is 1.44 bits per heavy atom. The van der Waals surface area contributed by atoms with Crippen molar-refractivity contribution in [3.05, 3.63) is 17.5 Å². The first-order valence-corrected chi connectivity index (χ1v) is 2.32. The van der Waals surface area contributed by atoms with Crippen molar-refractivity contribution in [2.24, 2.45) is 0 Å². The van der Waals surface area contributed by atoms with Crippen LogP contribution < -0.4 is 0 Å². The van der Waals surface area contributed by atoms with E-state index in [9.17, 15) is 9.59 Å². The zero-order valence-corrected chi connectivity index (χ0v) is 4.50. The zero-order valence-electron chi connectivity index (χ0n) is 4.50. The Morgan fingerprint density at radius 3 is 2.56 bits per heavy atom. The van der Waals surface area contributed by atoms with Crippen molar-refractivity contribution >= 4 is 12.6 Å². The van der Waals surface area contributed by atoms with Crippen molar-refractivity contribution in [2.45, 2.75) is 0 Å². The van der Waals surface area contributed by atoms with E-state index in [0.29, 0.717) is 18.3 Å². The van der Waals surface area contributed by atoms with Crippen molar-refractivity contribution < 1.29 is 9.59 Å². The Hall–Kier alpha value is -1.45. The van der Waals surface area contributed by atoms with Gasteiger partial charge in [-0.15, -0.1) is 0 Å². The summed E-state index contributed by atoms with van der Waals surface area (Å²) in [7, 11) is 0. The summed E-state index contributed by atoms with van der Waals surface area (Å²) in [4.78, 5) is 19.9. The number of rotatable bonds is 2. The molecule has 1 rings (SSSR count). The minimum absolute atomic E-state index is 0.247. The molecule has 0 saturated carbocycles. The lowest BCUT2D eigenvalue weighted by Crippen LogP contribution is -1.76. The quantitative estimate of drug-likeness (QED) is 0.566. The van der Waals surface area contributed by atoms with Crippen molar-refractivity contribution in [1.82, 2.24) is 10.2 Å². The van der Waals surface area contributed by atoms with Gasteiger partial charge in [-0.2, -0.15) is 5.10 Å². The molecule has 1 heterocycles. The van der Waals surface area contributed by atoms with Gasteiger partial charge in [0.25, 0.3) is 0 Å². The van der Waals surface area contributed by atoms with Gasteiger partial charge in [-0.25, -0.2) is 0 Å². The standard InChI is InChI=1S/C5H4N2O2/c8-2-4-1-5(3-9)7-6-4/h1-3H,(H,6,7). The molecule has 4 nitrogen and oxygen atoms in total. The molecule has 0 unspecified atom stereocenters. The van der Waals surface area contributed by atoms with Crippen molar-refractivity contribution in [1.29, 1.82) is 0 Å². The van der Waals surface area contributed by atoms with E-state index < -0.39 is 0 Å². The van der Waals surface area contributed by atoms with E-state index in [1.807, 2.05) is 0 Å². The SMILES string of the molecule is O=Cc1cc(C=O)[nH]n1. The average Bonchev–Trinajstić information content (AvgIpc) is 2.34. The molecule has 0 aliphatic heterocycles. The number of hydrogen-bond donors (Lipinski definition) is 1. The number of aldehydes is 2. The molecule has 0 saturated heterocycles. The molecular weight excluding hydrogens is 120 g/mol. The Bertz CT molecular complexity index is 206. The maximum Gasteiger partial charge on any atom is 0.170 e. The molecule has 0 bridgehead atoms. The summed E-state index contributed by atoms with van der Waals surface area (Å²) in [5.41, 5.74) is 0.564. The van der Waals surface area contributed by atoms with Gasteiger partial charge in [0.2, 0.25) is 0 Å². The number of nitrogens with one attached hydrogen (secondary N) is 1. The Morgan fingerprint density at radius 2 is 2.22 bits per heavy atom. The van der Waals surface area contributed by atoms with E-state index in [2.05, 4.69) is 10.2 Å². The van der Waals surface area contributed by atoms with E-state index >= 15 is 0 Å². The number of nitrogens with zero attached hydrogens (tertiary/aromatic N) is 1. The highest BCUT2D eigenvalue weighted by Gasteiger charge is 1.94. The van der Waals surface area contributed by atoms with Crippen LogP contribution in [0.3, 0.4) is 0 Å². The first-order chi connectivity index (χ1) is 4.36. The number of H-pyrrole nitrogens is 1. The van der Waals surface area contributed by atoms with E-state index in [1.165, 1.54) is 6.07 Å². The molecule has 0 amide bonds. The molecule has 1 N–H and O–H groups in total. The Labute approximate surface area is 50.9 Å². The maximum absolute atomic E-state index is 9.95. The summed E-state index contributed by atoms with van der Waals surface area (Å²) < 4.78 is 0. The van der Waals surface area contributed by atoms with Crippen LogP contribution in [0.4, 0.5) is 0 Å². The summed E-state index contributed by atoms with van der Waals surface area (Å²) in [6, 6.07) is 1.38. The summed E-state index contributed by atoms with van der Waals surface area (Å²) >= 11 is 0. The van der Waals surface area contributed by atoms with Crippen LogP contribution in [0.15, 0.2) is 6.07 Å². The van der Waals surface area contributed by atoms with Gasteiger partial charge in [-0.3, -0.25) is 14.7 Å². The largest absolute Gasteiger partial charge is 0.296 e. The molecule has 1 aromatic heterocycles. The van der Waals surface area contributed by atoms with Crippen LogP contribution >= 0.6 is 0 Å². The van der Waals surface area contributed by atoms with E-state index in [4.69, 9.17) is 0 Å². The lowest BCUT2D eigenvalue weighted by Gasteiger charge is -1.68. The summed E-state index contributed by atoms with van der Waals surface area (Å²) in [6.07, 6.45) is 1.17. The molecule has 0 aromatic carbocycles. The predicted octanol–water partition coefficient (Wildman–Crippen LogP) is 0.0347. The van der Waals surface area contributed by atoms with E-state index in [1.54, 1.807) is 0 Å². The van der Waals surface area contributed by atoms with Crippen LogP contribution in [-0.2, 0) is 0 Å². The average molecular weight is 124 g/mol.